The molecule has 2 rings (SSSR count). The van der Waals surface area contributed by atoms with Crippen LogP contribution >= 0.6 is 0 Å². The lowest BCUT2D eigenvalue weighted by atomic mass is 9.83. The lowest BCUT2D eigenvalue weighted by molar-refractivity contribution is -0.0769. The summed E-state index contributed by atoms with van der Waals surface area (Å²) >= 11 is 0. The Labute approximate surface area is 120 Å². The molecule has 1 fully saturated rings. The van der Waals surface area contributed by atoms with Crippen LogP contribution in [0.4, 0.5) is 0 Å². The predicted octanol–water partition coefficient (Wildman–Crippen LogP) is 2.08. The van der Waals surface area contributed by atoms with Crippen molar-refractivity contribution in [2.45, 2.75) is 58.1 Å². The van der Waals surface area contributed by atoms with Gasteiger partial charge in [-0.1, -0.05) is 26.2 Å². The second-order valence-electron chi connectivity index (χ2n) is 5.35. The van der Waals surface area contributed by atoms with Gasteiger partial charge in [0.25, 0.3) is 5.56 Å². The van der Waals surface area contributed by atoms with E-state index in [1.54, 1.807) is 6.07 Å². The molecule has 0 aromatic carbocycles. The Morgan fingerprint density at radius 1 is 1.35 bits per heavy atom. The summed E-state index contributed by atoms with van der Waals surface area (Å²) in [6.45, 7) is 6.16. The van der Waals surface area contributed by atoms with Gasteiger partial charge in [-0.05, 0) is 26.3 Å². The summed E-state index contributed by atoms with van der Waals surface area (Å²) in [6.07, 6.45) is 5.36. The summed E-state index contributed by atoms with van der Waals surface area (Å²) in [4.78, 5) is 19.4. The van der Waals surface area contributed by atoms with Crippen molar-refractivity contribution in [1.82, 2.24) is 15.3 Å². The molecule has 0 atom stereocenters. The van der Waals surface area contributed by atoms with Crippen molar-refractivity contribution in [3.8, 4) is 0 Å². The molecule has 1 saturated carbocycles. The minimum absolute atomic E-state index is 0.0902. The van der Waals surface area contributed by atoms with Crippen LogP contribution in [0.3, 0.4) is 0 Å². The minimum Gasteiger partial charge on any atom is -0.367 e. The molecular weight excluding hydrogens is 254 g/mol. The fraction of sp³-hybridized carbons (Fsp3) is 0.733. The number of aromatic nitrogens is 2. The second-order valence-corrected chi connectivity index (χ2v) is 5.35. The highest BCUT2D eigenvalue weighted by Gasteiger charge is 2.37. The fourth-order valence-corrected chi connectivity index (χ4v) is 2.92. The third-order valence-electron chi connectivity index (χ3n) is 3.86. The van der Waals surface area contributed by atoms with E-state index >= 15 is 0 Å². The Balaban J connectivity index is 2.32. The molecule has 112 valence electrons. The number of hydrogen-bond acceptors (Lipinski definition) is 4. The monoisotopic (exact) mass is 279 g/mol. The lowest BCUT2D eigenvalue weighted by Gasteiger charge is -2.36. The minimum atomic E-state index is -0.394. The quantitative estimate of drug-likeness (QED) is 0.836. The standard InChI is InChI=1S/C15H25N3O2/c1-3-16-11-12-10-13(19)18-14(17-12)15(20-4-2)8-6-5-7-9-15/h10,16H,3-9,11H2,1-2H3,(H,17,18,19). The maximum Gasteiger partial charge on any atom is 0.251 e. The number of aromatic amines is 1. The van der Waals surface area contributed by atoms with Gasteiger partial charge in [0, 0.05) is 19.2 Å². The Morgan fingerprint density at radius 2 is 2.10 bits per heavy atom. The number of nitrogens with zero attached hydrogens (tertiary/aromatic N) is 1. The molecule has 0 saturated heterocycles. The molecular formula is C15H25N3O2. The van der Waals surface area contributed by atoms with Crippen molar-refractivity contribution in [3.05, 3.63) is 27.9 Å². The van der Waals surface area contributed by atoms with Crippen LogP contribution in [0.25, 0.3) is 0 Å². The molecule has 2 N–H and O–H groups in total. The highest BCUT2D eigenvalue weighted by molar-refractivity contribution is 5.10. The van der Waals surface area contributed by atoms with Crippen LogP contribution in [0.1, 0.15) is 57.5 Å². The van der Waals surface area contributed by atoms with Crippen molar-refractivity contribution in [2.75, 3.05) is 13.2 Å². The van der Waals surface area contributed by atoms with Gasteiger partial charge >= 0.3 is 0 Å². The van der Waals surface area contributed by atoms with Crippen molar-refractivity contribution in [3.63, 3.8) is 0 Å². The van der Waals surface area contributed by atoms with E-state index in [1.165, 1.54) is 6.42 Å². The van der Waals surface area contributed by atoms with E-state index in [1.807, 2.05) is 13.8 Å². The number of ether oxygens (including phenoxy) is 1. The molecule has 0 unspecified atom stereocenters. The average molecular weight is 279 g/mol. The molecule has 1 heterocycles. The van der Waals surface area contributed by atoms with Crippen LogP contribution < -0.4 is 10.9 Å². The van der Waals surface area contributed by atoms with E-state index in [2.05, 4.69) is 15.3 Å². The van der Waals surface area contributed by atoms with E-state index in [-0.39, 0.29) is 5.56 Å². The molecule has 1 aliphatic carbocycles. The van der Waals surface area contributed by atoms with Crippen molar-refractivity contribution >= 4 is 0 Å². The fourth-order valence-electron chi connectivity index (χ4n) is 2.92. The van der Waals surface area contributed by atoms with Gasteiger partial charge in [0.2, 0.25) is 0 Å². The zero-order valence-electron chi connectivity index (χ0n) is 12.5. The highest BCUT2D eigenvalue weighted by atomic mass is 16.5. The van der Waals surface area contributed by atoms with Crippen molar-refractivity contribution in [2.24, 2.45) is 0 Å². The lowest BCUT2D eigenvalue weighted by Crippen LogP contribution is -2.36. The van der Waals surface area contributed by atoms with E-state index in [4.69, 9.17) is 4.74 Å². The number of rotatable bonds is 6. The molecule has 20 heavy (non-hydrogen) atoms. The zero-order chi connectivity index (χ0) is 14.4. The number of H-pyrrole nitrogens is 1. The summed E-state index contributed by atoms with van der Waals surface area (Å²) in [7, 11) is 0. The van der Waals surface area contributed by atoms with Gasteiger partial charge < -0.3 is 15.0 Å². The summed E-state index contributed by atoms with van der Waals surface area (Å²) in [5.41, 5.74) is 0.303. The normalized spacial score (nSPS) is 18.1. The van der Waals surface area contributed by atoms with Crippen LogP contribution in [0.15, 0.2) is 10.9 Å². The third kappa shape index (κ3) is 3.46. The molecule has 5 nitrogen and oxygen atoms in total. The Bertz CT molecular complexity index is 473. The number of hydrogen-bond donors (Lipinski definition) is 2. The van der Waals surface area contributed by atoms with E-state index < -0.39 is 5.60 Å². The SMILES string of the molecule is CCNCc1cc(=O)[nH]c(C2(OCC)CCCCC2)n1. The van der Waals surface area contributed by atoms with Gasteiger partial charge in [0.15, 0.2) is 0 Å². The maximum atomic E-state index is 11.9. The highest BCUT2D eigenvalue weighted by Crippen LogP contribution is 2.38. The molecule has 0 spiro atoms. The number of nitrogens with one attached hydrogen (secondary N) is 2. The van der Waals surface area contributed by atoms with Gasteiger partial charge in [0.05, 0.1) is 5.69 Å². The van der Waals surface area contributed by atoms with Crippen LogP contribution in [0.5, 0.6) is 0 Å². The van der Waals surface area contributed by atoms with Gasteiger partial charge in [-0.3, -0.25) is 4.79 Å². The van der Waals surface area contributed by atoms with E-state index in [9.17, 15) is 4.79 Å². The van der Waals surface area contributed by atoms with Crippen LogP contribution in [0, 0.1) is 0 Å². The predicted molar refractivity (Wildman–Crippen MR) is 78.6 cm³/mol. The van der Waals surface area contributed by atoms with Gasteiger partial charge in [-0.25, -0.2) is 4.98 Å². The zero-order valence-corrected chi connectivity index (χ0v) is 12.5. The van der Waals surface area contributed by atoms with Crippen LogP contribution in [-0.2, 0) is 16.9 Å². The first-order valence-corrected chi connectivity index (χ1v) is 7.65. The molecule has 0 aliphatic heterocycles. The summed E-state index contributed by atoms with van der Waals surface area (Å²) in [5, 5.41) is 3.21. The van der Waals surface area contributed by atoms with Crippen LogP contribution in [0.2, 0.25) is 0 Å². The van der Waals surface area contributed by atoms with E-state index in [0.717, 1.165) is 37.9 Å². The topological polar surface area (TPSA) is 67.0 Å². The second kappa shape index (κ2) is 6.99. The van der Waals surface area contributed by atoms with Gasteiger partial charge in [0.1, 0.15) is 11.4 Å². The summed E-state index contributed by atoms with van der Waals surface area (Å²) in [5.74, 6) is 0.708. The largest absolute Gasteiger partial charge is 0.367 e. The Morgan fingerprint density at radius 3 is 2.75 bits per heavy atom. The van der Waals surface area contributed by atoms with Crippen molar-refractivity contribution in [1.29, 1.82) is 0 Å². The molecule has 1 aliphatic rings. The van der Waals surface area contributed by atoms with Crippen molar-refractivity contribution < 1.29 is 4.74 Å². The molecule has 0 amide bonds. The molecule has 1 aromatic heterocycles. The third-order valence-corrected chi connectivity index (χ3v) is 3.86. The maximum absolute atomic E-state index is 11.9. The Kier molecular flexibility index (Phi) is 5.31. The first-order chi connectivity index (χ1) is 9.70. The van der Waals surface area contributed by atoms with Gasteiger partial charge in [-0.15, -0.1) is 0 Å². The Hall–Kier alpha value is -1.20. The molecule has 0 bridgehead atoms. The summed E-state index contributed by atoms with van der Waals surface area (Å²) in [6, 6.07) is 1.56. The van der Waals surface area contributed by atoms with Crippen LogP contribution in [-0.4, -0.2) is 23.1 Å². The smallest absolute Gasteiger partial charge is 0.251 e. The summed E-state index contributed by atoms with van der Waals surface area (Å²) < 4.78 is 6.02. The molecule has 0 radical (unpaired) electrons. The first-order valence-electron chi connectivity index (χ1n) is 7.65. The molecule has 5 heteroatoms. The van der Waals surface area contributed by atoms with E-state index in [0.29, 0.717) is 19.0 Å². The average Bonchev–Trinajstić information content (AvgIpc) is 2.46. The van der Waals surface area contributed by atoms with Gasteiger partial charge in [-0.2, -0.15) is 0 Å². The first kappa shape index (κ1) is 15.2. The molecule has 1 aromatic rings.